The molecule has 0 radical (unpaired) electrons. The molecular formula is C14H23NOS. The van der Waals surface area contributed by atoms with Crippen molar-refractivity contribution in [2.75, 3.05) is 25.5 Å². The lowest BCUT2D eigenvalue weighted by atomic mass is 10.2. The number of hydrogen-bond donors (Lipinski definition) is 1. The maximum atomic E-state index is 5.32. The molecule has 2 nitrogen and oxygen atoms in total. The highest BCUT2D eigenvalue weighted by atomic mass is 32.2. The molecule has 0 aliphatic carbocycles. The monoisotopic (exact) mass is 253 g/mol. The highest BCUT2D eigenvalue weighted by molar-refractivity contribution is 7.99. The van der Waals surface area contributed by atoms with Gasteiger partial charge in [-0.25, -0.2) is 0 Å². The molecule has 1 N–H and O–H groups in total. The third-order valence-corrected chi connectivity index (χ3v) is 3.46. The Labute approximate surface area is 109 Å². The molecule has 0 saturated carbocycles. The predicted molar refractivity (Wildman–Crippen MR) is 75.7 cm³/mol. The Morgan fingerprint density at radius 3 is 2.94 bits per heavy atom. The summed E-state index contributed by atoms with van der Waals surface area (Å²) in [7, 11) is 0. The maximum Gasteiger partial charge on any atom is 0.0473 e. The van der Waals surface area contributed by atoms with Crippen LogP contribution in [0.1, 0.15) is 25.8 Å². The highest BCUT2D eigenvalue weighted by Gasteiger charge is 1.97. The van der Waals surface area contributed by atoms with Crippen molar-refractivity contribution in [3.63, 3.8) is 0 Å². The molecule has 0 atom stereocenters. The van der Waals surface area contributed by atoms with Gasteiger partial charge in [0.05, 0.1) is 0 Å². The van der Waals surface area contributed by atoms with Gasteiger partial charge < -0.3 is 10.1 Å². The van der Waals surface area contributed by atoms with E-state index in [0.717, 1.165) is 38.5 Å². The van der Waals surface area contributed by atoms with Crippen LogP contribution in [0.3, 0.4) is 0 Å². The van der Waals surface area contributed by atoms with Gasteiger partial charge >= 0.3 is 0 Å². The van der Waals surface area contributed by atoms with Crippen molar-refractivity contribution < 1.29 is 4.74 Å². The first-order chi connectivity index (χ1) is 8.36. The molecule has 17 heavy (non-hydrogen) atoms. The minimum absolute atomic E-state index is 0.822. The van der Waals surface area contributed by atoms with Gasteiger partial charge in [0.25, 0.3) is 0 Å². The molecule has 3 heteroatoms. The van der Waals surface area contributed by atoms with E-state index in [1.54, 1.807) is 0 Å². The third-order valence-electron chi connectivity index (χ3n) is 2.38. The fourth-order valence-electron chi connectivity index (χ4n) is 1.51. The minimum Gasteiger partial charge on any atom is -0.382 e. The summed E-state index contributed by atoms with van der Waals surface area (Å²) >= 11 is 1.91. The highest BCUT2D eigenvalue weighted by Crippen LogP contribution is 2.19. The number of hydrogen-bond acceptors (Lipinski definition) is 3. The minimum atomic E-state index is 0.822. The molecule has 0 heterocycles. The van der Waals surface area contributed by atoms with Gasteiger partial charge in [-0.1, -0.05) is 19.1 Å². The summed E-state index contributed by atoms with van der Waals surface area (Å²) in [6.07, 6.45) is 1.12. The Morgan fingerprint density at radius 1 is 1.29 bits per heavy atom. The molecular weight excluding hydrogens is 230 g/mol. The van der Waals surface area contributed by atoms with Gasteiger partial charge in [-0.3, -0.25) is 0 Å². The largest absolute Gasteiger partial charge is 0.382 e. The van der Waals surface area contributed by atoms with Crippen LogP contribution >= 0.6 is 11.8 Å². The van der Waals surface area contributed by atoms with Crippen LogP contribution in [-0.4, -0.2) is 25.5 Å². The Hall–Kier alpha value is -0.510. The van der Waals surface area contributed by atoms with Crippen LogP contribution in [0.5, 0.6) is 0 Å². The maximum absolute atomic E-state index is 5.32. The van der Waals surface area contributed by atoms with E-state index in [4.69, 9.17) is 4.74 Å². The van der Waals surface area contributed by atoms with E-state index in [1.165, 1.54) is 10.5 Å². The molecule has 0 aliphatic heterocycles. The molecule has 1 aromatic carbocycles. The van der Waals surface area contributed by atoms with Crippen LogP contribution in [0.15, 0.2) is 29.2 Å². The van der Waals surface area contributed by atoms with Gasteiger partial charge in [0.2, 0.25) is 0 Å². The summed E-state index contributed by atoms with van der Waals surface area (Å²) < 4.78 is 5.32. The van der Waals surface area contributed by atoms with E-state index in [-0.39, 0.29) is 0 Å². The smallest absolute Gasteiger partial charge is 0.0473 e. The van der Waals surface area contributed by atoms with Crippen LogP contribution in [0.4, 0.5) is 0 Å². The lowest BCUT2D eigenvalue weighted by Crippen LogP contribution is -2.11. The second-order valence-electron chi connectivity index (χ2n) is 3.83. The number of rotatable bonds is 9. The molecule has 1 rings (SSSR count). The van der Waals surface area contributed by atoms with Gasteiger partial charge in [-0.2, -0.15) is 0 Å². The normalized spacial score (nSPS) is 10.7. The van der Waals surface area contributed by atoms with E-state index >= 15 is 0 Å². The van der Waals surface area contributed by atoms with Gasteiger partial charge in [0.1, 0.15) is 0 Å². The summed E-state index contributed by atoms with van der Waals surface area (Å²) in [5, 5.41) is 3.35. The van der Waals surface area contributed by atoms with Crippen LogP contribution in [0, 0.1) is 0 Å². The van der Waals surface area contributed by atoms with Crippen molar-refractivity contribution in [1.82, 2.24) is 5.32 Å². The van der Waals surface area contributed by atoms with E-state index in [2.05, 4.69) is 36.5 Å². The van der Waals surface area contributed by atoms with Gasteiger partial charge in [-0.15, -0.1) is 11.8 Å². The van der Waals surface area contributed by atoms with E-state index < -0.39 is 0 Å². The molecule has 0 fully saturated rings. The Balaban J connectivity index is 2.27. The summed E-state index contributed by atoms with van der Waals surface area (Å²) in [6, 6.07) is 8.76. The van der Waals surface area contributed by atoms with Gasteiger partial charge in [-0.05, 0) is 37.6 Å². The second-order valence-corrected chi connectivity index (χ2v) is 5.00. The van der Waals surface area contributed by atoms with Crippen LogP contribution in [-0.2, 0) is 11.3 Å². The molecule has 96 valence electrons. The van der Waals surface area contributed by atoms with Gasteiger partial charge in [0.15, 0.2) is 0 Å². The van der Waals surface area contributed by atoms with Crippen LogP contribution < -0.4 is 5.32 Å². The zero-order valence-corrected chi connectivity index (χ0v) is 11.7. The van der Waals surface area contributed by atoms with Crippen molar-refractivity contribution in [3.05, 3.63) is 29.8 Å². The first kappa shape index (κ1) is 14.6. The summed E-state index contributed by atoms with van der Waals surface area (Å²) in [5.41, 5.74) is 1.36. The topological polar surface area (TPSA) is 21.3 Å². The molecule has 0 amide bonds. The quantitative estimate of drug-likeness (QED) is 0.539. The second kappa shape index (κ2) is 9.51. The van der Waals surface area contributed by atoms with Crippen molar-refractivity contribution in [3.8, 4) is 0 Å². The third kappa shape index (κ3) is 6.71. The first-order valence-corrected chi connectivity index (χ1v) is 7.35. The summed E-state index contributed by atoms with van der Waals surface area (Å²) in [4.78, 5) is 1.36. The molecule has 0 aromatic heterocycles. The Bertz CT molecular complexity index is 304. The van der Waals surface area contributed by atoms with E-state index in [9.17, 15) is 0 Å². The number of ether oxygens (including phenoxy) is 1. The zero-order valence-electron chi connectivity index (χ0n) is 10.9. The van der Waals surface area contributed by atoms with Crippen LogP contribution in [0.2, 0.25) is 0 Å². The fourth-order valence-corrected chi connectivity index (χ4v) is 2.42. The van der Waals surface area contributed by atoms with Gasteiger partial charge in [0, 0.05) is 30.4 Å². The fraction of sp³-hybridized carbons (Fsp3) is 0.571. The predicted octanol–water partition coefficient (Wildman–Crippen LogP) is 3.31. The molecule has 0 saturated heterocycles. The summed E-state index contributed by atoms with van der Waals surface area (Å²) in [6.45, 7) is 7.85. The summed E-state index contributed by atoms with van der Waals surface area (Å²) in [5.74, 6) is 1.13. The molecule has 1 aromatic rings. The van der Waals surface area contributed by atoms with E-state index in [1.807, 2.05) is 18.7 Å². The lowest BCUT2D eigenvalue weighted by molar-refractivity contribution is 0.149. The average molecular weight is 253 g/mol. The molecule has 0 unspecified atom stereocenters. The standard InChI is InChI=1S/C14H23NOS/c1-3-15-12-13-7-5-8-14(11-13)17-10-6-9-16-4-2/h5,7-8,11,15H,3-4,6,9-10,12H2,1-2H3. The molecule has 0 spiro atoms. The Morgan fingerprint density at radius 2 is 2.18 bits per heavy atom. The number of nitrogens with one attached hydrogen (secondary N) is 1. The first-order valence-electron chi connectivity index (χ1n) is 6.37. The lowest BCUT2D eigenvalue weighted by Gasteiger charge is -2.06. The van der Waals surface area contributed by atoms with E-state index in [0.29, 0.717) is 0 Å². The number of thioether (sulfide) groups is 1. The molecule has 0 aliphatic rings. The average Bonchev–Trinajstić information content (AvgIpc) is 2.37. The number of benzene rings is 1. The van der Waals surface area contributed by atoms with Crippen molar-refractivity contribution in [1.29, 1.82) is 0 Å². The Kier molecular flexibility index (Phi) is 8.14. The van der Waals surface area contributed by atoms with Crippen LogP contribution in [0.25, 0.3) is 0 Å². The van der Waals surface area contributed by atoms with Crippen molar-refractivity contribution in [2.24, 2.45) is 0 Å². The SMILES string of the molecule is CCNCc1cccc(SCCCOCC)c1. The van der Waals surface area contributed by atoms with Crippen molar-refractivity contribution >= 4 is 11.8 Å². The zero-order chi connectivity index (χ0) is 12.3. The molecule has 0 bridgehead atoms. The van der Waals surface area contributed by atoms with Crippen molar-refractivity contribution in [2.45, 2.75) is 31.7 Å².